The third-order valence-electron chi connectivity index (χ3n) is 6.34. The van der Waals surface area contributed by atoms with E-state index >= 15 is 0 Å². The van der Waals surface area contributed by atoms with Crippen LogP contribution >= 0.6 is 0 Å². The Balaban J connectivity index is 1.66. The van der Waals surface area contributed by atoms with Crippen molar-refractivity contribution in [1.29, 1.82) is 0 Å². The molecule has 1 fully saturated rings. The molecule has 6 heteroatoms. The number of hydrogen-bond donors (Lipinski definition) is 2. The summed E-state index contributed by atoms with van der Waals surface area (Å²) in [5, 5.41) is 3.02. The van der Waals surface area contributed by atoms with Gasteiger partial charge < -0.3 is 16.0 Å². The largest absolute Gasteiger partial charge is 0.397 e. The third-order valence-corrected chi connectivity index (χ3v) is 6.34. The van der Waals surface area contributed by atoms with Gasteiger partial charge in [0.05, 0.1) is 16.7 Å². The molecule has 3 aromatic rings. The number of nitrogens with one attached hydrogen (secondary N) is 1. The van der Waals surface area contributed by atoms with Crippen LogP contribution in [0.4, 0.5) is 5.69 Å². The standard InChI is InChI=1S/C27H30N4O2/c1-3-30-26(33)27(11-12-31(18-27)25(32)22-14-23(28)17-29-16-22)15-21-8-4-5-10-24(21)20-9-6-7-19(2)13-20/h4-10,13-14,16-17H,3,11-12,15,18,28H2,1-2H3,(H,30,33)/t27-/m1/s1. The first-order valence-electron chi connectivity index (χ1n) is 11.3. The molecule has 0 aliphatic carbocycles. The van der Waals surface area contributed by atoms with E-state index in [2.05, 4.69) is 53.6 Å². The van der Waals surface area contributed by atoms with Gasteiger partial charge in [0.1, 0.15) is 0 Å². The lowest BCUT2D eigenvalue weighted by atomic mass is 9.78. The molecular weight excluding hydrogens is 412 g/mol. The Hall–Kier alpha value is -3.67. The fourth-order valence-corrected chi connectivity index (χ4v) is 4.69. The van der Waals surface area contributed by atoms with E-state index in [1.807, 2.05) is 19.1 Å². The summed E-state index contributed by atoms with van der Waals surface area (Å²) in [6, 6.07) is 18.3. The Morgan fingerprint density at radius 3 is 2.70 bits per heavy atom. The van der Waals surface area contributed by atoms with Crippen LogP contribution in [0.15, 0.2) is 67.0 Å². The molecule has 2 aromatic carbocycles. The van der Waals surface area contributed by atoms with Crippen molar-refractivity contribution >= 4 is 17.5 Å². The number of carbonyl (C=O) groups excluding carboxylic acids is 2. The number of likely N-dealkylation sites (tertiary alicyclic amines) is 1. The number of nitrogens with two attached hydrogens (primary N) is 1. The second-order valence-corrected chi connectivity index (χ2v) is 8.83. The van der Waals surface area contributed by atoms with Gasteiger partial charge in [-0.1, -0.05) is 54.1 Å². The minimum Gasteiger partial charge on any atom is -0.397 e. The van der Waals surface area contributed by atoms with Crippen LogP contribution in [-0.4, -0.2) is 41.3 Å². The molecule has 0 saturated carbocycles. The van der Waals surface area contributed by atoms with Crippen LogP contribution < -0.4 is 11.1 Å². The van der Waals surface area contributed by atoms with Crippen LogP contribution in [0, 0.1) is 12.3 Å². The maximum Gasteiger partial charge on any atom is 0.255 e. The van der Waals surface area contributed by atoms with Gasteiger partial charge >= 0.3 is 0 Å². The molecule has 3 N–H and O–H groups in total. The van der Waals surface area contributed by atoms with E-state index in [-0.39, 0.29) is 11.8 Å². The van der Waals surface area contributed by atoms with E-state index in [1.54, 1.807) is 11.0 Å². The van der Waals surface area contributed by atoms with Gasteiger partial charge in [-0.05, 0) is 49.4 Å². The maximum atomic E-state index is 13.4. The van der Waals surface area contributed by atoms with Gasteiger partial charge in [-0.2, -0.15) is 0 Å². The summed E-state index contributed by atoms with van der Waals surface area (Å²) in [6.07, 6.45) is 4.20. The molecule has 1 aromatic heterocycles. The van der Waals surface area contributed by atoms with Crippen LogP contribution in [0.5, 0.6) is 0 Å². The smallest absolute Gasteiger partial charge is 0.255 e. The quantitative estimate of drug-likeness (QED) is 0.607. The van der Waals surface area contributed by atoms with Gasteiger partial charge in [0, 0.05) is 32.0 Å². The molecule has 0 spiro atoms. The number of nitrogens with zero attached hydrogens (tertiary/aromatic N) is 2. The molecule has 33 heavy (non-hydrogen) atoms. The van der Waals surface area contributed by atoms with E-state index < -0.39 is 5.41 Å². The Morgan fingerprint density at radius 2 is 1.94 bits per heavy atom. The summed E-state index contributed by atoms with van der Waals surface area (Å²) in [6.45, 7) is 5.41. The predicted molar refractivity (Wildman–Crippen MR) is 131 cm³/mol. The molecule has 1 saturated heterocycles. The van der Waals surface area contributed by atoms with Gasteiger partial charge in [-0.25, -0.2) is 0 Å². The molecular formula is C27H30N4O2. The fraction of sp³-hybridized carbons (Fsp3) is 0.296. The van der Waals surface area contributed by atoms with Gasteiger partial charge in [-0.15, -0.1) is 0 Å². The zero-order valence-electron chi connectivity index (χ0n) is 19.2. The first-order chi connectivity index (χ1) is 15.9. The summed E-state index contributed by atoms with van der Waals surface area (Å²) in [4.78, 5) is 32.3. The molecule has 170 valence electrons. The van der Waals surface area contributed by atoms with Crippen LogP contribution in [0.25, 0.3) is 11.1 Å². The molecule has 0 radical (unpaired) electrons. The Morgan fingerprint density at radius 1 is 1.12 bits per heavy atom. The van der Waals surface area contributed by atoms with Gasteiger partial charge in [-0.3, -0.25) is 14.6 Å². The second kappa shape index (κ2) is 9.45. The van der Waals surface area contributed by atoms with Crippen molar-refractivity contribution in [2.24, 2.45) is 5.41 Å². The van der Waals surface area contributed by atoms with E-state index in [0.29, 0.717) is 43.7 Å². The molecule has 1 aliphatic heterocycles. The number of hydrogen-bond acceptors (Lipinski definition) is 4. The van der Waals surface area contributed by atoms with Crippen molar-refractivity contribution in [2.75, 3.05) is 25.4 Å². The highest BCUT2D eigenvalue weighted by molar-refractivity contribution is 5.96. The Kier molecular flexibility index (Phi) is 6.45. The summed E-state index contributed by atoms with van der Waals surface area (Å²) in [7, 11) is 0. The highest BCUT2D eigenvalue weighted by Crippen LogP contribution is 2.38. The molecule has 4 rings (SSSR count). The van der Waals surface area contributed by atoms with E-state index in [4.69, 9.17) is 5.73 Å². The van der Waals surface area contributed by atoms with Crippen molar-refractivity contribution in [2.45, 2.75) is 26.7 Å². The van der Waals surface area contributed by atoms with Crippen LogP contribution in [-0.2, 0) is 11.2 Å². The fourth-order valence-electron chi connectivity index (χ4n) is 4.69. The first-order valence-corrected chi connectivity index (χ1v) is 11.3. The zero-order chi connectivity index (χ0) is 23.4. The number of aryl methyl sites for hydroxylation is 1. The lowest BCUT2D eigenvalue weighted by Gasteiger charge is -2.29. The normalized spacial score (nSPS) is 17.7. The lowest BCUT2D eigenvalue weighted by Crippen LogP contribution is -2.45. The number of carbonyl (C=O) groups is 2. The van der Waals surface area contributed by atoms with Crippen molar-refractivity contribution in [1.82, 2.24) is 15.2 Å². The Bertz CT molecular complexity index is 1180. The maximum absolute atomic E-state index is 13.4. The minimum atomic E-state index is -0.695. The molecule has 0 unspecified atom stereocenters. The first kappa shape index (κ1) is 22.5. The third kappa shape index (κ3) is 4.75. The summed E-state index contributed by atoms with van der Waals surface area (Å²) >= 11 is 0. The number of nitrogen functional groups attached to an aromatic ring is 1. The zero-order valence-corrected chi connectivity index (χ0v) is 19.2. The molecule has 0 bridgehead atoms. The average Bonchev–Trinajstić information content (AvgIpc) is 3.24. The van der Waals surface area contributed by atoms with Crippen molar-refractivity contribution < 1.29 is 9.59 Å². The average molecular weight is 443 g/mol. The highest BCUT2D eigenvalue weighted by Gasteiger charge is 2.46. The van der Waals surface area contributed by atoms with Crippen LogP contribution in [0.1, 0.15) is 34.8 Å². The Labute approximate surface area is 194 Å². The summed E-state index contributed by atoms with van der Waals surface area (Å²) < 4.78 is 0. The van der Waals surface area contributed by atoms with Crippen molar-refractivity contribution in [3.8, 4) is 11.1 Å². The van der Waals surface area contributed by atoms with Gasteiger partial charge in [0.25, 0.3) is 5.91 Å². The SMILES string of the molecule is CCNC(=O)[C@@]1(Cc2ccccc2-c2cccc(C)c2)CCN(C(=O)c2cncc(N)c2)C1. The monoisotopic (exact) mass is 442 g/mol. The number of pyridine rings is 1. The highest BCUT2D eigenvalue weighted by atomic mass is 16.2. The molecule has 6 nitrogen and oxygen atoms in total. The minimum absolute atomic E-state index is 0.00922. The van der Waals surface area contributed by atoms with E-state index in [1.165, 1.54) is 18.0 Å². The predicted octanol–water partition coefficient (Wildman–Crippen LogP) is 3.85. The summed E-state index contributed by atoms with van der Waals surface area (Å²) in [5.41, 5.74) is 10.6. The molecule has 2 amide bonds. The summed E-state index contributed by atoms with van der Waals surface area (Å²) in [5.74, 6) is -0.155. The number of amides is 2. The number of anilines is 1. The van der Waals surface area contributed by atoms with E-state index in [9.17, 15) is 9.59 Å². The van der Waals surface area contributed by atoms with Crippen molar-refractivity contribution in [3.63, 3.8) is 0 Å². The number of benzene rings is 2. The topological polar surface area (TPSA) is 88.3 Å². The second-order valence-electron chi connectivity index (χ2n) is 8.83. The molecule has 1 aliphatic rings. The van der Waals surface area contributed by atoms with Crippen LogP contribution in [0.3, 0.4) is 0 Å². The molecule has 2 heterocycles. The van der Waals surface area contributed by atoms with Crippen molar-refractivity contribution in [3.05, 3.63) is 83.7 Å². The lowest BCUT2D eigenvalue weighted by molar-refractivity contribution is -0.130. The molecule has 1 atom stereocenters. The van der Waals surface area contributed by atoms with Crippen LogP contribution in [0.2, 0.25) is 0 Å². The number of rotatable bonds is 6. The van der Waals surface area contributed by atoms with Gasteiger partial charge in [0.15, 0.2) is 0 Å². The van der Waals surface area contributed by atoms with Gasteiger partial charge in [0.2, 0.25) is 5.91 Å². The number of aromatic nitrogens is 1. The van der Waals surface area contributed by atoms with E-state index in [0.717, 1.165) is 16.7 Å².